The minimum Gasteiger partial charge on any atom is -0.493 e. The number of carboxylic acids is 1. The van der Waals surface area contributed by atoms with Crippen LogP contribution < -0.4 is 19.7 Å². The Balaban J connectivity index is 1.63. The number of ether oxygens (including phenoxy) is 2. The number of anilines is 1. The zero-order chi connectivity index (χ0) is 26.7. The van der Waals surface area contributed by atoms with Crippen molar-refractivity contribution in [3.8, 4) is 11.5 Å². The van der Waals surface area contributed by atoms with E-state index in [4.69, 9.17) is 14.6 Å². The molecule has 4 rings (SSSR count). The third kappa shape index (κ3) is 5.51. The van der Waals surface area contributed by atoms with Gasteiger partial charge in [-0.05, 0) is 81.7 Å². The molecule has 1 saturated heterocycles. The SMILES string of the molecule is COc1cc(/C=C2\C(=O)NC(=O)N(c3ccc(C(=O)O)cc3)C2=O)cc(Br)c1OCc1cccc(F)c1. The Labute approximate surface area is 218 Å². The van der Waals surface area contributed by atoms with E-state index < -0.39 is 29.6 Å². The molecule has 37 heavy (non-hydrogen) atoms. The van der Waals surface area contributed by atoms with Crippen molar-refractivity contribution in [3.05, 3.63) is 93.2 Å². The van der Waals surface area contributed by atoms with Crippen molar-refractivity contribution in [1.82, 2.24) is 5.32 Å². The third-order valence-electron chi connectivity index (χ3n) is 5.31. The molecular weight excluding hydrogens is 551 g/mol. The first-order chi connectivity index (χ1) is 17.7. The fourth-order valence-electron chi connectivity index (χ4n) is 3.56. The lowest BCUT2D eigenvalue weighted by Gasteiger charge is -2.26. The molecule has 0 atom stereocenters. The summed E-state index contributed by atoms with van der Waals surface area (Å²) in [5.74, 6) is -2.75. The van der Waals surface area contributed by atoms with Crippen LogP contribution in [-0.4, -0.2) is 36.0 Å². The standard InChI is InChI=1S/C26H18BrFN2O7/c1-36-21-12-15(11-20(27)22(21)37-13-14-3-2-4-17(28)9-14)10-19-23(31)29-26(35)30(24(19)32)18-7-5-16(6-8-18)25(33)34/h2-12H,13H2,1H3,(H,33,34)(H,29,31,35)/b19-10+. The van der Waals surface area contributed by atoms with E-state index in [1.165, 1.54) is 55.7 Å². The predicted octanol–water partition coefficient (Wildman–Crippen LogP) is 4.54. The second kappa shape index (κ2) is 10.6. The Kier molecular flexibility index (Phi) is 7.35. The van der Waals surface area contributed by atoms with E-state index in [2.05, 4.69) is 21.2 Å². The summed E-state index contributed by atoms with van der Waals surface area (Å²) in [7, 11) is 1.41. The molecular formula is C26H18BrFN2O7. The van der Waals surface area contributed by atoms with E-state index >= 15 is 0 Å². The number of amides is 4. The van der Waals surface area contributed by atoms with Gasteiger partial charge in [-0.1, -0.05) is 12.1 Å². The molecule has 0 bridgehead atoms. The number of methoxy groups -OCH3 is 1. The zero-order valence-corrected chi connectivity index (χ0v) is 20.7. The van der Waals surface area contributed by atoms with E-state index in [0.29, 0.717) is 21.3 Å². The van der Waals surface area contributed by atoms with E-state index in [1.807, 2.05) is 0 Å². The molecule has 4 amide bonds. The van der Waals surface area contributed by atoms with Gasteiger partial charge in [0.2, 0.25) is 0 Å². The lowest BCUT2D eigenvalue weighted by Crippen LogP contribution is -2.54. The molecule has 188 valence electrons. The van der Waals surface area contributed by atoms with Crippen LogP contribution in [0.2, 0.25) is 0 Å². The molecule has 0 radical (unpaired) electrons. The van der Waals surface area contributed by atoms with Crippen LogP contribution in [0, 0.1) is 5.82 Å². The number of hydrogen-bond acceptors (Lipinski definition) is 6. The molecule has 0 spiro atoms. The maximum Gasteiger partial charge on any atom is 0.335 e. The van der Waals surface area contributed by atoms with Crippen LogP contribution in [0.25, 0.3) is 6.08 Å². The normalized spacial score (nSPS) is 14.5. The summed E-state index contributed by atoms with van der Waals surface area (Å²) in [5, 5.41) is 11.2. The molecule has 0 saturated carbocycles. The lowest BCUT2D eigenvalue weighted by molar-refractivity contribution is -0.122. The Bertz CT molecular complexity index is 1450. The molecule has 1 heterocycles. The first-order valence-electron chi connectivity index (χ1n) is 10.7. The number of nitrogens with zero attached hydrogens (tertiary/aromatic N) is 1. The van der Waals surface area contributed by atoms with Crippen LogP contribution in [0.5, 0.6) is 11.5 Å². The number of benzene rings is 3. The molecule has 9 nitrogen and oxygen atoms in total. The largest absolute Gasteiger partial charge is 0.493 e. The van der Waals surface area contributed by atoms with Gasteiger partial charge in [-0.25, -0.2) is 18.9 Å². The number of imide groups is 2. The van der Waals surface area contributed by atoms with Crippen LogP contribution in [0.4, 0.5) is 14.9 Å². The highest BCUT2D eigenvalue weighted by atomic mass is 79.9. The van der Waals surface area contributed by atoms with Crippen molar-refractivity contribution >= 4 is 51.5 Å². The summed E-state index contributed by atoms with van der Waals surface area (Å²) < 4.78 is 25.1. The Morgan fingerprint density at radius 1 is 1.11 bits per heavy atom. The molecule has 11 heteroatoms. The second-order valence-corrected chi connectivity index (χ2v) is 8.62. The van der Waals surface area contributed by atoms with Gasteiger partial charge in [0.05, 0.1) is 22.8 Å². The molecule has 3 aromatic rings. The highest BCUT2D eigenvalue weighted by Crippen LogP contribution is 2.38. The molecule has 2 N–H and O–H groups in total. The van der Waals surface area contributed by atoms with E-state index in [0.717, 1.165) is 4.90 Å². The van der Waals surface area contributed by atoms with Crippen molar-refractivity contribution in [1.29, 1.82) is 0 Å². The zero-order valence-electron chi connectivity index (χ0n) is 19.2. The summed E-state index contributed by atoms with van der Waals surface area (Å²) in [6, 6.07) is 13.1. The molecule has 1 fully saturated rings. The maximum atomic E-state index is 13.5. The smallest absolute Gasteiger partial charge is 0.335 e. The van der Waals surface area contributed by atoms with E-state index in [9.17, 15) is 23.6 Å². The highest BCUT2D eigenvalue weighted by Gasteiger charge is 2.37. The van der Waals surface area contributed by atoms with Gasteiger partial charge >= 0.3 is 12.0 Å². The van der Waals surface area contributed by atoms with Crippen molar-refractivity contribution < 1.29 is 38.1 Å². The monoisotopic (exact) mass is 568 g/mol. The molecule has 0 unspecified atom stereocenters. The van der Waals surface area contributed by atoms with Crippen LogP contribution in [0.15, 0.2) is 70.7 Å². The predicted molar refractivity (Wildman–Crippen MR) is 134 cm³/mol. The average Bonchev–Trinajstić information content (AvgIpc) is 2.86. The fourth-order valence-corrected chi connectivity index (χ4v) is 4.13. The van der Waals surface area contributed by atoms with Gasteiger partial charge in [-0.2, -0.15) is 0 Å². The number of carbonyl (C=O) groups excluding carboxylic acids is 3. The van der Waals surface area contributed by atoms with Crippen LogP contribution in [-0.2, 0) is 16.2 Å². The number of barbiturate groups is 1. The van der Waals surface area contributed by atoms with Crippen molar-refractivity contribution in [3.63, 3.8) is 0 Å². The Morgan fingerprint density at radius 2 is 1.84 bits per heavy atom. The minimum atomic E-state index is -1.17. The summed E-state index contributed by atoms with van der Waals surface area (Å²) in [5.41, 5.74) is 0.716. The van der Waals surface area contributed by atoms with E-state index in [1.54, 1.807) is 18.2 Å². The van der Waals surface area contributed by atoms with Crippen LogP contribution >= 0.6 is 15.9 Å². The Hall–Kier alpha value is -4.51. The van der Waals surface area contributed by atoms with Gasteiger partial charge in [0.15, 0.2) is 11.5 Å². The van der Waals surface area contributed by atoms with E-state index in [-0.39, 0.29) is 29.2 Å². The van der Waals surface area contributed by atoms with Gasteiger partial charge in [-0.15, -0.1) is 0 Å². The van der Waals surface area contributed by atoms with Gasteiger partial charge in [0.25, 0.3) is 11.8 Å². The van der Waals surface area contributed by atoms with Crippen molar-refractivity contribution in [2.75, 3.05) is 12.0 Å². The summed E-state index contributed by atoms with van der Waals surface area (Å²) >= 11 is 3.39. The number of carbonyl (C=O) groups is 4. The number of hydrogen-bond donors (Lipinski definition) is 2. The van der Waals surface area contributed by atoms with Gasteiger partial charge < -0.3 is 14.6 Å². The lowest BCUT2D eigenvalue weighted by atomic mass is 10.1. The molecule has 0 aromatic heterocycles. The second-order valence-electron chi connectivity index (χ2n) is 7.76. The fraction of sp³-hybridized carbons (Fsp3) is 0.0769. The molecule has 1 aliphatic heterocycles. The average molecular weight is 569 g/mol. The van der Waals surface area contributed by atoms with Gasteiger partial charge in [0, 0.05) is 0 Å². The van der Waals surface area contributed by atoms with Gasteiger partial charge in [0.1, 0.15) is 18.0 Å². The summed E-state index contributed by atoms with van der Waals surface area (Å²) in [6.45, 7) is 0.0613. The highest BCUT2D eigenvalue weighted by molar-refractivity contribution is 9.10. The number of urea groups is 1. The maximum absolute atomic E-state index is 13.5. The van der Waals surface area contributed by atoms with Crippen LogP contribution in [0.1, 0.15) is 21.5 Å². The Morgan fingerprint density at radius 3 is 2.49 bits per heavy atom. The molecule has 0 aliphatic carbocycles. The summed E-state index contributed by atoms with van der Waals surface area (Å²) in [4.78, 5) is 49.9. The van der Waals surface area contributed by atoms with Crippen molar-refractivity contribution in [2.45, 2.75) is 6.61 Å². The molecule has 1 aliphatic rings. The number of rotatable bonds is 7. The van der Waals surface area contributed by atoms with Crippen LogP contribution in [0.3, 0.4) is 0 Å². The number of carboxylic acid groups (broad SMARTS) is 1. The topological polar surface area (TPSA) is 122 Å². The number of nitrogens with one attached hydrogen (secondary N) is 1. The first-order valence-corrected chi connectivity index (χ1v) is 11.5. The summed E-state index contributed by atoms with van der Waals surface area (Å²) in [6.07, 6.45) is 1.28. The number of aromatic carboxylic acids is 1. The van der Waals surface area contributed by atoms with Gasteiger partial charge in [-0.3, -0.25) is 14.9 Å². The third-order valence-corrected chi connectivity index (χ3v) is 5.90. The number of halogens is 2. The first kappa shape index (κ1) is 25.6. The quantitative estimate of drug-likeness (QED) is 0.317. The van der Waals surface area contributed by atoms with Crippen molar-refractivity contribution in [2.24, 2.45) is 0 Å². The minimum absolute atomic E-state index is 0.0305. The molecule has 3 aromatic carbocycles.